The van der Waals surface area contributed by atoms with Gasteiger partial charge in [0.15, 0.2) is 6.29 Å². The Bertz CT molecular complexity index is 542. The molecule has 0 fully saturated rings. The van der Waals surface area contributed by atoms with Crippen molar-refractivity contribution in [2.24, 2.45) is 0 Å². The molecule has 0 atom stereocenters. The molecule has 0 spiro atoms. The van der Waals surface area contributed by atoms with E-state index < -0.39 is 0 Å². The Morgan fingerprint density at radius 1 is 1.11 bits per heavy atom. The van der Waals surface area contributed by atoms with E-state index in [0.717, 1.165) is 24.0 Å². The smallest absolute Gasteiger partial charge is 0.153 e. The maximum Gasteiger partial charge on any atom is 0.153 e. The van der Waals surface area contributed by atoms with Gasteiger partial charge >= 0.3 is 0 Å². The maximum absolute atomic E-state index is 11.0. The topological polar surface area (TPSA) is 26.3 Å². The van der Waals surface area contributed by atoms with Gasteiger partial charge in [0.05, 0.1) is 5.56 Å². The van der Waals surface area contributed by atoms with E-state index in [2.05, 4.69) is 6.92 Å². The molecule has 0 amide bonds. The molecule has 2 aromatic carbocycles. The fraction of sp³-hybridized carbons (Fsp3) is 0.188. The number of carbonyl (C=O) groups excluding carboxylic acids is 1. The number of ether oxygens (including phenoxy) is 1. The molecule has 2 rings (SSSR count). The number of rotatable bonds is 4. The first-order chi connectivity index (χ1) is 8.72. The third-order valence-corrected chi connectivity index (χ3v) is 2.85. The predicted molar refractivity (Wildman–Crippen MR) is 72.5 cm³/mol. The fourth-order valence-corrected chi connectivity index (χ4v) is 1.77. The summed E-state index contributed by atoms with van der Waals surface area (Å²) in [7, 11) is 0. The molecule has 0 aliphatic heterocycles. The van der Waals surface area contributed by atoms with E-state index in [1.54, 1.807) is 0 Å². The quantitative estimate of drug-likeness (QED) is 0.750. The molecule has 0 heterocycles. The van der Waals surface area contributed by atoms with Crippen molar-refractivity contribution in [3.63, 3.8) is 0 Å². The zero-order valence-corrected chi connectivity index (χ0v) is 10.6. The van der Waals surface area contributed by atoms with E-state index in [1.807, 2.05) is 49.4 Å². The molecule has 2 aromatic rings. The van der Waals surface area contributed by atoms with Gasteiger partial charge in [-0.25, -0.2) is 0 Å². The van der Waals surface area contributed by atoms with Gasteiger partial charge in [-0.3, -0.25) is 4.79 Å². The second kappa shape index (κ2) is 5.50. The van der Waals surface area contributed by atoms with Crippen molar-refractivity contribution in [1.82, 2.24) is 0 Å². The normalized spacial score (nSPS) is 10.1. The SMILES string of the molecule is CCc1ccc(Oc2ccc(C)cc2C=O)cc1. The van der Waals surface area contributed by atoms with Gasteiger partial charge < -0.3 is 4.74 Å². The average molecular weight is 240 g/mol. The lowest BCUT2D eigenvalue weighted by molar-refractivity contribution is 0.112. The Morgan fingerprint density at radius 3 is 2.44 bits per heavy atom. The van der Waals surface area contributed by atoms with E-state index in [0.29, 0.717) is 11.3 Å². The molecule has 2 nitrogen and oxygen atoms in total. The summed E-state index contributed by atoms with van der Waals surface area (Å²) in [5.41, 5.74) is 2.89. The average Bonchev–Trinajstić information content (AvgIpc) is 2.41. The summed E-state index contributed by atoms with van der Waals surface area (Å²) in [6.07, 6.45) is 1.83. The fourth-order valence-electron chi connectivity index (χ4n) is 1.77. The van der Waals surface area contributed by atoms with Gasteiger partial charge in [-0.05, 0) is 43.2 Å². The first-order valence-electron chi connectivity index (χ1n) is 6.05. The predicted octanol–water partition coefficient (Wildman–Crippen LogP) is 4.16. The van der Waals surface area contributed by atoms with Crippen LogP contribution in [0.3, 0.4) is 0 Å². The first-order valence-corrected chi connectivity index (χ1v) is 6.05. The minimum atomic E-state index is 0.578. The van der Waals surface area contributed by atoms with E-state index in [4.69, 9.17) is 4.74 Å². The van der Waals surface area contributed by atoms with Gasteiger partial charge in [0.25, 0.3) is 0 Å². The van der Waals surface area contributed by atoms with Crippen LogP contribution in [0, 0.1) is 6.92 Å². The van der Waals surface area contributed by atoms with Crippen LogP contribution in [0.5, 0.6) is 11.5 Å². The van der Waals surface area contributed by atoms with Crippen molar-refractivity contribution >= 4 is 6.29 Å². The zero-order chi connectivity index (χ0) is 13.0. The number of carbonyl (C=O) groups is 1. The Morgan fingerprint density at radius 2 is 1.83 bits per heavy atom. The molecule has 18 heavy (non-hydrogen) atoms. The Labute approximate surface area is 107 Å². The number of aryl methyl sites for hydroxylation is 2. The van der Waals surface area contributed by atoms with Gasteiger partial charge in [0.2, 0.25) is 0 Å². The second-order valence-electron chi connectivity index (χ2n) is 4.26. The summed E-state index contributed by atoms with van der Waals surface area (Å²) in [6, 6.07) is 13.5. The summed E-state index contributed by atoms with van der Waals surface area (Å²) < 4.78 is 5.72. The summed E-state index contributed by atoms with van der Waals surface area (Å²) in [4.78, 5) is 11.0. The van der Waals surface area contributed by atoms with Crippen molar-refractivity contribution in [2.45, 2.75) is 20.3 Å². The van der Waals surface area contributed by atoms with E-state index >= 15 is 0 Å². The molecular formula is C16H16O2. The maximum atomic E-state index is 11.0. The van der Waals surface area contributed by atoms with Crippen LogP contribution < -0.4 is 4.74 Å². The molecule has 0 aliphatic rings. The van der Waals surface area contributed by atoms with E-state index in [-0.39, 0.29) is 0 Å². The molecule has 0 aliphatic carbocycles. The van der Waals surface area contributed by atoms with Gasteiger partial charge in [-0.15, -0.1) is 0 Å². The Kier molecular flexibility index (Phi) is 3.78. The second-order valence-corrected chi connectivity index (χ2v) is 4.26. The molecule has 2 heteroatoms. The van der Waals surface area contributed by atoms with Crippen LogP contribution in [0.15, 0.2) is 42.5 Å². The van der Waals surface area contributed by atoms with Gasteiger partial charge in [-0.2, -0.15) is 0 Å². The van der Waals surface area contributed by atoms with E-state index in [9.17, 15) is 4.79 Å². The molecule has 92 valence electrons. The highest BCUT2D eigenvalue weighted by Gasteiger charge is 2.04. The molecule has 0 unspecified atom stereocenters. The molecule has 0 aromatic heterocycles. The van der Waals surface area contributed by atoms with Crippen LogP contribution in [0.2, 0.25) is 0 Å². The Balaban J connectivity index is 2.24. The number of hydrogen-bond acceptors (Lipinski definition) is 2. The monoisotopic (exact) mass is 240 g/mol. The minimum Gasteiger partial charge on any atom is -0.457 e. The Hall–Kier alpha value is -2.09. The highest BCUT2D eigenvalue weighted by atomic mass is 16.5. The summed E-state index contributed by atoms with van der Waals surface area (Å²) in [5.74, 6) is 1.35. The van der Waals surface area contributed by atoms with Crippen LogP contribution in [0.1, 0.15) is 28.4 Å². The lowest BCUT2D eigenvalue weighted by Crippen LogP contribution is -1.91. The molecule has 0 N–H and O–H groups in total. The summed E-state index contributed by atoms with van der Waals surface area (Å²) in [5, 5.41) is 0. The molecule has 0 radical (unpaired) electrons. The van der Waals surface area contributed by atoms with Gasteiger partial charge in [0.1, 0.15) is 11.5 Å². The summed E-state index contributed by atoms with van der Waals surface area (Å²) in [6.45, 7) is 4.06. The van der Waals surface area contributed by atoms with Crippen LogP contribution in [0.4, 0.5) is 0 Å². The standard InChI is InChI=1S/C16H16O2/c1-3-13-5-7-15(8-6-13)18-16-9-4-12(2)10-14(16)11-17/h4-11H,3H2,1-2H3. The summed E-state index contributed by atoms with van der Waals surface area (Å²) >= 11 is 0. The van der Waals surface area contributed by atoms with E-state index in [1.165, 1.54) is 5.56 Å². The molecule has 0 saturated heterocycles. The van der Waals surface area contributed by atoms with Crippen molar-refractivity contribution in [1.29, 1.82) is 0 Å². The van der Waals surface area contributed by atoms with Crippen LogP contribution in [-0.4, -0.2) is 6.29 Å². The van der Waals surface area contributed by atoms with Gasteiger partial charge in [-0.1, -0.05) is 30.7 Å². The van der Waals surface area contributed by atoms with Crippen LogP contribution in [-0.2, 0) is 6.42 Å². The molecule has 0 bridgehead atoms. The van der Waals surface area contributed by atoms with Crippen molar-refractivity contribution in [3.8, 4) is 11.5 Å². The third kappa shape index (κ3) is 2.77. The minimum absolute atomic E-state index is 0.578. The number of benzene rings is 2. The third-order valence-electron chi connectivity index (χ3n) is 2.85. The van der Waals surface area contributed by atoms with Crippen LogP contribution in [0.25, 0.3) is 0 Å². The zero-order valence-electron chi connectivity index (χ0n) is 10.6. The molecule has 0 saturated carbocycles. The largest absolute Gasteiger partial charge is 0.457 e. The van der Waals surface area contributed by atoms with Crippen molar-refractivity contribution in [3.05, 3.63) is 59.2 Å². The number of hydrogen-bond donors (Lipinski definition) is 0. The lowest BCUT2D eigenvalue weighted by atomic mass is 10.1. The number of aldehydes is 1. The van der Waals surface area contributed by atoms with Crippen LogP contribution >= 0.6 is 0 Å². The highest BCUT2D eigenvalue weighted by Crippen LogP contribution is 2.25. The lowest BCUT2D eigenvalue weighted by Gasteiger charge is -2.09. The highest BCUT2D eigenvalue weighted by molar-refractivity contribution is 5.79. The first kappa shape index (κ1) is 12.4. The van der Waals surface area contributed by atoms with Crippen molar-refractivity contribution < 1.29 is 9.53 Å². The molecular weight excluding hydrogens is 224 g/mol. The van der Waals surface area contributed by atoms with Crippen molar-refractivity contribution in [2.75, 3.05) is 0 Å². The van der Waals surface area contributed by atoms with Gasteiger partial charge in [0, 0.05) is 0 Å².